The first-order valence-corrected chi connectivity index (χ1v) is 5.81. The van der Waals surface area contributed by atoms with Gasteiger partial charge in [0.05, 0.1) is 11.8 Å². The second kappa shape index (κ2) is 5.65. The van der Waals surface area contributed by atoms with Crippen LogP contribution < -0.4 is 5.32 Å². The highest BCUT2D eigenvalue weighted by molar-refractivity contribution is 7.99. The first-order valence-electron chi connectivity index (χ1n) is 4.42. The quantitative estimate of drug-likeness (QED) is 0.821. The molecule has 1 atom stereocenters. The highest BCUT2D eigenvalue weighted by Gasteiger charge is 2.07. The van der Waals surface area contributed by atoms with Crippen LogP contribution in [0.25, 0.3) is 0 Å². The molecule has 1 N–H and O–H groups in total. The van der Waals surface area contributed by atoms with Crippen molar-refractivity contribution in [3.8, 4) is 0 Å². The van der Waals surface area contributed by atoms with Crippen LogP contribution in [0.1, 0.15) is 18.5 Å². The molecule has 1 heterocycles. The molecule has 0 saturated heterocycles. The molecule has 1 amide bonds. The van der Waals surface area contributed by atoms with Gasteiger partial charge in [-0.05, 0) is 30.9 Å². The van der Waals surface area contributed by atoms with Crippen molar-refractivity contribution >= 4 is 17.7 Å². The fourth-order valence-corrected chi connectivity index (χ4v) is 1.50. The van der Waals surface area contributed by atoms with Gasteiger partial charge in [0.2, 0.25) is 5.91 Å². The Kier molecular flexibility index (Phi) is 4.46. The summed E-state index contributed by atoms with van der Waals surface area (Å²) in [6.07, 6.45) is 5.37. The molecular weight excluding hydrogens is 196 g/mol. The van der Waals surface area contributed by atoms with Gasteiger partial charge in [-0.3, -0.25) is 9.78 Å². The van der Waals surface area contributed by atoms with E-state index in [2.05, 4.69) is 10.3 Å². The van der Waals surface area contributed by atoms with E-state index < -0.39 is 0 Å². The van der Waals surface area contributed by atoms with Gasteiger partial charge in [0.1, 0.15) is 0 Å². The Hall–Kier alpha value is -1.03. The zero-order chi connectivity index (χ0) is 10.4. The van der Waals surface area contributed by atoms with Crippen molar-refractivity contribution in [3.05, 3.63) is 30.1 Å². The van der Waals surface area contributed by atoms with E-state index in [9.17, 15) is 4.79 Å². The summed E-state index contributed by atoms with van der Waals surface area (Å²) in [5.41, 5.74) is 1.08. The normalized spacial score (nSPS) is 12.1. The molecule has 0 aliphatic carbocycles. The molecule has 0 aliphatic rings. The Labute approximate surface area is 88.3 Å². The molecule has 76 valence electrons. The third kappa shape index (κ3) is 3.38. The van der Waals surface area contributed by atoms with Gasteiger partial charge in [-0.25, -0.2) is 0 Å². The maximum absolute atomic E-state index is 11.3. The van der Waals surface area contributed by atoms with Crippen molar-refractivity contribution in [3.63, 3.8) is 0 Å². The number of pyridine rings is 1. The highest BCUT2D eigenvalue weighted by Crippen LogP contribution is 2.10. The van der Waals surface area contributed by atoms with Gasteiger partial charge in [-0.2, -0.15) is 11.8 Å². The van der Waals surface area contributed by atoms with E-state index in [0.29, 0.717) is 5.75 Å². The standard InChI is InChI=1S/C10H14N2OS/c1-8(12-10(13)7-14-2)9-3-5-11-6-4-9/h3-6,8H,7H2,1-2H3,(H,12,13). The largest absolute Gasteiger partial charge is 0.349 e. The van der Waals surface area contributed by atoms with Crippen LogP contribution in [0.2, 0.25) is 0 Å². The lowest BCUT2D eigenvalue weighted by atomic mass is 10.1. The zero-order valence-electron chi connectivity index (χ0n) is 8.36. The minimum Gasteiger partial charge on any atom is -0.349 e. The Morgan fingerprint density at radius 3 is 2.79 bits per heavy atom. The van der Waals surface area contributed by atoms with Gasteiger partial charge in [-0.15, -0.1) is 0 Å². The second-order valence-electron chi connectivity index (χ2n) is 3.00. The van der Waals surface area contributed by atoms with E-state index in [4.69, 9.17) is 0 Å². The van der Waals surface area contributed by atoms with Crippen molar-refractivity contribution in [2.75, 3.05) is 12.0 Å². The predicted molar refractivity (Wildman–Crippen MR) is 59.2 cm³/mol. The SMILES string of the molecule is CSCC(=O)NC(C)c1ccncc1. The van der Waals surface area contributed by atoms with Crippen LogP contribution in [0, 0.1) is 0 Å². The van der Waals surface area contributed by atoms with Crippen molar-refractivity contribution in [2.24, 2.45) is 0 Å². The van der Waals surface area contributed by atoms with Crippen LogP contribution in [0.5, 0.6) is 0 Å². The summed E-state index contributed by atoms with van der Waals surface area (Å²) in [6.45, 7) is 1.97. The van der Waals surface area contributed by atoms with Crippen LogP contribution in [0.15, 0.2) is 24.5 Å². The van der Waals surface area contributed by atoms with E-state index >= 15 is 0 Å². The summed E-state index contributed by atoms with van der Waals surface area (Å²) in [4.78, 5) is 15.2. The van der Waals surface area contributed by atoms with E-state index in [1.165, 1.54) is 11.8 Å². The molecule has 0 bridgehead atoms. The molecule has 0 fully saturated rings. The minimum atomic E-state index is 0.0534. The first kappa shape index (κ1) is 11.0. The molecule has 3 nitrogen and oxygen atoms in total. The van der Waals surface area contributed by atoms with E-state index in [1.54, 1.807) is 12.4 Å². The lowest BCUT2D eigenvalue weighted by Gasteiger charge is -2.13. The monoisotopic (exact) mass is 210 g/mol. The van der Waals surface area contributed by atoms with Gasteiger partial charge in [0.25, 0.3) is 0 Å². The predicted octanol–water partition coefficient (Wildman–Crippen LogP) is 1.62. The summed E-state index contributed by atoms with van der Waals surface area (Å²) in [6, 6.07) is 3.87. The molecule has 4 heteroatoms. The number of hydrogen-bond donors (Lipinski definition) is 1. The Morgan fingerprint density at radius 1 is 1.57 bits per heavy atom. The molecule has 0 aliphatic heterocycles. The number of rotatable bonds is 4. The van der Waals surface area contributed by atoms with E-state index in [1.807, 2.05) is 25.3 Å². The zero-order valence-corrected chi connectivity index (χ0v) is 9.17. The summed E-state index contributed by atoms with van der Waals surface area (Å²) in [7, 11) is 0. The van der Waals surface area contributed by atoms with Gasteiger partial charge in [-0.1, -0.05) is 0 Å². The Morgan fingerprint density at radius 2 is 2.21 bits per heavy atom. The number of hydrogen-bond acceptors (Lipinski definition) is 3. The van der Waals surface area contributed by atoms with Gasteiger partial charge >= 0.3 is 0 Å². The third-order valence-electron chi connectivity index (χ3n) is 1.86. The summed E-state index contributed by atoms with van der Waals surface area (Å²) in [5.74, 6) is 0.580. The molecule has 0 aromatic carbocycles. The topological polar surface area (TPSA) is 42.0 Å². The van der Waals surface area contributed by atoms with Crippen LogP contribution in [0.3, 0.4) is 0 Å². The number of thioether (sulfide) groups is 1. The Balaban J connectivity index is 2.50. The third-order valence-corrected chi connectivity index (χ3v) is 2.41. The van der Waals surface area contributed by atoms with Gasteiger partial charge in [0.15, 0.2) is 0 Å². The number of carbonyl (C=O) groups excluding carboxylic acids is 1. The number of nitrogens with zero attached hydrogens (tertiary/aromatic N) is 1. The van der Waals surface area contributed by atoms with E-state index in [0.717, 1.165) is 5.56 Å². The van der Waals surface area contributed by atoms with Crippen LogP contribution in [-0.2, 0) is 4.79 Å². The van der Waals surface area contributed by atoms with Crippen LogP contribution >= 0.6 is 11.8 Å². The van der Waals surface area contributed by atoms with Crippen LogP contribution in [0.4, 0.5) is 0 Å². The summed E-state index contributed by atoms with van der Waals surface area (Å²) >= 11 is 1.52. The smallest absolute Gasteiger partial charge is 0.230 e. The molecule has 0 saturated carbocycles. The average molecular weight is 210 g/mol. The molecular formula is C10H14N2OS. The summed E-state index contributed by atoms with van der Waals surface area (Å²) < 4.78 is 0. The maximum atomic E-state index is 11.3. The lowest BCUT2D eigenvalue weighted by molar-refractivity contribution is -0.119. The fourth-order valence-electron chi connectivity index (χ4n) is 1.15. The maximum Gasteiger partial charge on any atom is 0.230 e. The molecule has 1 aromatic rings. The summed E-state index contributed by atoms with van der Waals surface area (Å²) in [5, 5.41) is 2.91. The molecule has 14 heavy (non-hydrogen) atoms. The highest BCUT2D eigenvalue weighted by atomic mass is 32.2. The second-order valence-corrected chi connectivity index (χ2v) is 3.87. The fraction of sp³-hybridized carbons (Fsp3) is 0.400. The van der Waals surface area contributed by atoms with Crippen LogP contribution in [-0.4, -0.2) is 22.9 Å². The first-order chi connectivity index (χ1) is 6.74. The van der Waals surface area contributed by atoms with Gasteiger partial charge < -0.3 is 5.32 Å². The number of aromatic nitrogens is 1. The number of nitrogens with one attached hydrogen (secondary N) is 1. The molecule has 0 spiro atoms. The molecule has 1 aromatic heterocycles. The molecule has 1 rings (SSSR count). The molecule has 0 radical (unpaired) electrons. The number of amides is 1. The average Bonchev–Trinajstić information content (AvgIpc) is 2.19. The minimum absolute atomic E-state index is 0.0534. The Bertz CT molecular complexity index is 289. The van der Waals surface area contributed by atoms with E-state index in [-0.39, 0.29) is 11.9 Å². The lowest BCUT2D eigenvalue weighted by Crippen LogP contribution is -2.28. The van der Waals surface area contributed by atoms with Gasteiger partial charge in [0, 0.05) is 12.4 Å². The van der Waals surface area contributed by atoms with Crippen molar-refractivity contribution in [1.82, 2.24) is 10.3 Å². The van der Waals surface area contributed by atoms with Crippen molar-refractivity contribution in [1.29, 1.82) is 0 Å². The molecule has 1 unspecified atom stereocenters. The number of carbonyl (C=O) groups is 1. The van der Waals surface area contributed by atoms with Crippen molar-refractivity contribution < 1.29 is 4.79 Å². The van der Waals surface area contributed by atoms with Crippen molar-refractivity contribution in [2.45, 2.75) is 13.0 Å².